The molecule has 1 aromatic carbocycles. The van der Waals surface area contributed by atoms with Gasteiger partial charge in [0, 0.05) is 6.54 Å². The molecule has 0 aliphatic rings. The molecule has 2 aromatic rings. The lowest BCUT2D eigenvalue weighted by Crippen LogP contribution is -2.16. The first-order valence-corrected chi connectivity index (χ1v) is 5.34. The summed E-state index contributed by atoms with van der Waals surface area (Å²) in [5.74, 6) is -0.393. The van der Waals surface area contributed by atoms with Crippen molar-refractivity contribution in [2.24, 2.45) is 0 Å². The highest BCUT2D eigenvalue weighted by atomic mass is 19.1. The molecule has 3 N–H and O–H groups in total. The van der Waals surface area contributed by atoms with Gasteiger partial charge in [-0.3, -0.25) is 4.79 Å². The number of aryl methyl sites for hydroxylation is 1. The Kier molecular flexibility index (Phi) is 3.27. The molecule has 0 unspecified atom stereocenters. The summed E-state index contributed by atoms with van der Waals surface area (Å²) in [5, 5.41) is 12.3. The summed E-state index contributed by atoms with van der Waals surface area (Å²) in [5.41, 5.74) is 0.177. The van der Waals surface area contributed by atoms with Gasteiger partial charge in [0.15, 0.2) is 5.69 Å². The van der Waals surface area contributed by atoms with Crippen LogP contribution in [0.4, 0.5) is 10.1 Å². The Morgan fingerprint density at radius 2 is 2.28 bits per heavy atom. The lowest BCUT2D eigenvalue weighted by molar-refractivity contribution is 0.451. The number of nitrogens with zero attached hydrogens (tertiary/aromatic N) is 1. The molecule has 0 aliphatic carbocycles. The SMILES string of the molecule is Cc1nc(O)c(NCc2cccc(F)c2)c(=O)[nH]1. The molecule has 18 heavy (non-hydrogen) atoms. The minimum Gasteiger partial charge on any atom is -0.492 e. The first-order valence-electron chi connectivity index (χ1n) is 5.34. The first-order chi connectivity index (χ1) is 8.56. The van der Waals surface area contributed by atoms with Crippen LogP contribution in [0.25, 0.3) is 0 Å². The van der Waals surface area contributed by atoms with Crippen LogP contribution in [0.3, 0.4) is 0 Å². The van der Waals surface area contributed by atoms with Gasteiger partial charge in [-0.15, -0.1) is 0 Å². The third-order valence-electron chi connectivity index (χ3n) is 2.38. The fourth-order valence-corrected chi connectivity index (χ4v) is 1.57. The van der Waals surface area contributed by atoms with E-state index in [1.807, 2.05) is 0 Å². The van der Waals surface area contributed by atoms with Gasteiger partial charge in [-0.25, -0.2) is 4.39 Å². The molecule has 0 aliphatic heterocycles. The van der Waals surface area contributed by atoms with E-state index in [2.05, 4.69) is 15.3 Å². The molecule has 5 nitrogen and oxygen atoms in total. The Hall–Kier alpha value is -2.37. The van der Waals surface area contributed by atoms with E-state index in [0.717, 1.165) is 0 Å². The van der Waals surface area contributed by atoms with Crippen LogP contribution in [0.2, 0.25) is 0 Å². The molecule has 6 heteroatoms. The Bertz CT molecular complexity index is 625. The van der Waals surface area contributed by atoms with Crippen molar-refractivity contribution >= 4 is 5.69 Å². The number of benzene rings is 1. The van der Waals surface area contributed by atoms with Crippen LogP contribution in [0.5, 0.6) is 5.88 Å². The highest BCUT2D eigenvalue weighted by Crippen LogP contribution is 2.15. The van der Waals surface area contributed by atoms with E-state index < -0.39 is 5.56 Å². The van der Waals surface area contributed by atoms with Crippen LogP contribution in [-0.4, -0.2) is 15.1 Å². The Balaban J connectivity index is 2.18. The average molecular weight is 249 g/mol. The quantitative estimate of drug-likeness (QED) is 0.771. The third kappa shape index (κ3) is 2.65. The molecule has 0 saturated heterocycles. The van der Waals surface area contributed by atoms with Crippen molar-refractivity contribution in [2.75, 3.05) is 5.32 Å². The molecular formula is C12H12FN3O2. The molecule has 0 fully saturated rings. The van der Waals surface area contributed by atoms with E-state index in [4.69, 9.17) is 0 Å². The third-order valence-corrected chi connectivity index (χ3v) is 2.38. The zero-order chi connectivity index (χ0) is 13.1. The summed E-state index contributed by atoms with van der Waals surface area (Å²) in [4.78, 5) is 17.7. The molecule has 1 aromatic heterocycles. The molecule has 0 bridgehead atoms. The fraction of sp³-hybridized carbons (Fsp3) is 0.167. The highest BCUT2D eigenvalue weighted by Gasteiger charge is 2.08. The molecule has 0 amide bonds. The zero-order valence-electron chi connectivity index (χ0n) is 9.70. The maximum atomic E-state index is 12.9. The van der Waals surface area contributed by atoms with Gasteiger partial charge in [0.05, 0.1) is 0 Å². The monoisotopic (exact) mass is 249 g/mol. The van der Waals surface area contributed by atoms with Crippen LogP contribution in [0, 0.1) is 12.7 Å². The van der Waals surface area contributed by atoms with Crippen molar-refractivity contribution < 1.29 is 9.50 Å². The summed E-state index contributed by atoms with van der Waals surface area (Å²) >= 11 is 0. The standard InChI is InChI=1S/C12H12FN3O2/c1-7-15-11(17)10(12(18)16-7)14-6-8-3-2-4-9(13)5-8/h2-5,14H,6H2,1H3,(H2,15,16,17,18). The van der Waals surface area contributed by atoms with Crippen LogP contribution >= 0.6 is 0 Å². The number of hydrogen-bond donors (Lipinski definition) is 3. The van der Waals surface area contributed by atoms with E-state index in [9.17, 15) is 14.3 Å². The van der Waals surface area contributed by atoms with Gasteiger partial charge in [0.1, 0.15) is 11.6 Å². The van der Waals surface area contributed by atoms with Crippen LogP contribution in [0.1, 0.15) is 11.4 Å². The normalized spacial score (nSPS) is 10.3. The van der Waals surface area contributed by atoms with Crippen LogP contribution in [-0.2, 0) is 6.54 Å². The molecule has 2 rings (SSSR count). The summed E-state index contributed by atoms with van der Waals surface area (Å²) in [6, 6.07) is 5.97. The van der Waals surface area contributed by atoms with E-state index in [1.165, 1.54) is 12.1 Å². The van der Waals surface area contributed by atoms with Crippen molar-refractivity contribution in [3.8, 4) is 5.88 Å². The first kappa shape index (κ1) is 12.1. The number of rotatable bonds is 3. The topological polar surface area (TPSA) is 78.0 Å². The fourth-order valence-electron chi connectivity index (χ4n) is 1.57. The van der Waals surface area contributed by atoms with Gasteiger partial charge in [-0.1, -0.05) is 12.1 Å². The molecule has 0 spiro atoms. The lowest BCUT2D eigenvalue weighted by atomic mass is 10.2. The maximum absolute atomic E-state index is 12.9. The number of aromatic amines is 1. The van der Waals surface area contributed by atoms with Gasteiger partial charge < -0.3 is 15.4 Å². The highest BCUT2D eigenvalue weighted by molar-refractivity contribution is 5.50. The predicted octanol–water partition coefficient (Wildman–Crippen LogP) is 1.54. The second kappa shape index (κ2) is 4.87. The number of nitrogens with one attached hydrogen (secondary N) is 2. The number of aromatic hydroxyl groups is 1. The summed E-state index contributed by atoms with van der Waals surface area (Å²) in [6.45, 7) is 1.79. The molecule has 0 atom stereocenters. The Labute approximate surface area is 102 Å². The van der Waals surface area contributed by atoms with E-state index >= 15 is 0 Å². The van der Waals surface area contributed by atoms with Crippen molar-refractivity contribution in [1.82, 2.24) is 9.97 Å². The number of anilines is 1. The largest absolute Gasteiger partial charge is 0.492 e. The minimum absolute atomic E-state index is 0.0233. The minimum atomic E-state index is -0.462. The molecular weight excluding hydrogens is 237 g/mol. The summed E-state index contributed by atoms with van der Waals surface area (Å²) < 4.78 is 12.9. The van der Waals surface area contributed by atoms with E-state index in [0.29, 0.717) is 11.4 Å². The lowest BCUT2D eigenvalue weighted by Gasteiger charge is -2.07. The van der Waals surface area contributed by atoms with Crippen LogP contribution in [0.15, 0.2) is 29.1 Å². The van der Waals surface area contributed by atoms with Gasteiger partial charge in [0.25, 0.3) is 5.56 Å². The van der Waals surface area contributed by atoms with Crippen molar-refractivity contribution in [1.29, 1.82) is 0 Å². The van der Waals surface area contributed by atoms with Gasteiger partial charge in [-0.2, -0.15) is 4.98 Å². The molecule has 0 saturated carbocycles. The Morgan fingerprint density at radius 3 is 2.94 bits per heavy atom. The average Bonchev–Trinajstić information content (AvgIpc) is 2.27. The number of aromatic nitrogens is 2. The smallest absolute Gasteiger partial charge is 0.278 e. The maximum Gasteiger partial charge on any atom is 0.278 e. The molecule has 1 heterocycles. The summed E-state index contributed by atoms with van der Waals surface area (Å²) in [6.07, 6.45) is 0. The van der Waals surface area contributed by atoms with E-state index in [-0.39, 0.29) is 23.9 Å². The predicted molar refractivity (Wildman–Crippen MR) is 65.0 cm³/mol. The van der Waals surface area contributed by atoms with Gasteiger partial charge in [-0.05, 0) is 24.6 Å². The number of hydrogen-bond acceptors (Lipinski definition) is 4. The van der Waals surface area contributed by atoms with Crippen LogP contribution < -0.4 is 10.9 Å². The van der Waals surface area contributed by atoms with E-state index in [1.54, 1.807) is 19.1 Å². The Morgan fingerprint density at radius 1 is 1.50 bits per heavy atom. The molecule has 0 radical (unpaired) electrons. The number of halogens is 1. The van der Waals surface area contributed by atoms with Gasteiger partial charge in [0.2, 0.25) is 5.88 Å². The molecule has 94 valence electrons. The van der Waals surface area contributed by atoms with Gasteiger partial charge >= 0.3 is 0 Å². The number of H-pyrrole nitrogens is 1. The second-order valence-electron chi connectivity index (χ2n) is 3.83. The van der Waals surface area contributed by atoms with Crippen molar-refractivity contribution in [3.63, 3.8) is 0 Å². The van der Waals surface area contributed by atoms with Crippen molar-refractivity contribution in [2.45, 2.75) is 13.5 Å². The second-order valence-corrected chi connectivity index (χ2v) is 3.83. The van der Waals surface area contributed by atoms with Crippen molar-refractivity contribution in [3.05, 3.63) is 51.8 Å². The summed E-state index contributed by atoms with van der Waals surface area (Å²) in [7, 11) is 0. The zero-order valence-corrected chi connectivity index (χ0v) is 9.70.